The second-order valence-corrected chi connectivity index (χ2v) is 19.2. The molecule has 0 bridgehead atoms. The number of hydrogen-bond donors (Lipinski definition) is 1. The number of nitrogens with zero attached hydrogens (tertiary/aromatic N) is 6. The average molecular weight is 855 g/mol. The molecule has 2 aliphatic carbocycles. The SMILES string of the molecule is C=S(C)(=O)Cc1nn(C)c2c(-c3ccc(C#CC4(O)CCN(C)CC4)nc3[C@@H](CC(=O)Cn3nc(C(F)(F)F)c4c3C(F)(F)[C@@H]3C[C@H]43)Cc3cc(F)cc(F)c3)cccc12. The van der Waals surface area contributed by atoms with Crippen LogP contribution >= 0.6 is 0 Å². The minimum absolute atomic E-state index is 0.0715. The van der Waals surface area contributed by atoms with E-state index in [9.17, 15) is 36.1 Å². The number of fused-ring (bicyclic) bond motifs is 4. The van der Waals surface area contributed by atoms with Gasteiger partial charge in [-0.1, -0.05) is 24.1 Å². The number of alkyl halides is 5. The molecule has 4 atom stereocenters. The van der Waals surface area contributed by atoms with E-state index in [-0.39, 0.29) is 35.5 Å². The second kappa shape index (κ2) is 14.8. The molecular weight excluding hydrogens is 814 g/mol. The standard InChI is InChI=1S/C43H41F7N6O3S/c1-54-14-12-41(58,13-15-54)11-10-28-8-9-30(31-6-5-7-32-35(23-60(3,4)59)52-55(2)38(31)32)37(51-28)25(16-24-17-26(44)20-27(45)18-24)19-29(57)22-56-40-36(39(53-56)43(48,49)50)33-21-34(33)42(40,46)47/h5-9,17-18,20,25,33-34,58H,3,12-16,19,21-23H2,1-2,4H3/t25-,33+,34-,60?/m1/s1. The van der Waals surface area contributed by atoms with E-state index in [1.54, 1.807) is 42.1 Å². The lowest BCUT2D eigenvalue weighted by Gasteiger charge is -2.32. The second-order valence-electron chi connectivity index (χ2n) is 16.6. The highest BCUT2D eigenvalue weighted by Gasteiger charge is 2.68. The van der Waals surface area contributed by atoms with Crippen LogP contribution in [-0.2, 0) is 52.2 Å². The first-order chi connectivity index (χ1) is 28.1. The van der Waals surface area contributed by atoms with Gasteiger partial charge in [-0.15, -0.1) is 0 Å². The number of likely N-dealkylation sites (tertiary alicyclic amines) is 1. The number of rotatable bonds is 10. The zero-order chi connectivity index (χ0) is 43.1. The number of para-hydroxylation sites is 1. The van der Waals surface area contributed by atoms with E-state index in [1.165, 1.54) is 6.26 Å². The lowest BCUT2D eigenvalue weighted by molar-refractivity contribution is -0.142. The maximum atomic E-state index is 15.5. The van der Waals surface area contributed by atoms with Crippen LogP contribution in [0.4, 0.5) is 30.7 Å². The molecule has 3 aromatic heterocycles. The van der Waals surface area contributed by atoms with Gasteiger partial charge in [0.25, 0.3) is 5.92 Å². The Morgan fingerprint density at radius 2 is 1.75 bits per heavy atom. The van der Waals surface area contributed by atoms with Crippen molar-refractivity contribution in [2.45, 2.75) is 73.9 Å². The molecule has 316 valence electrons. The number of aryl methyl sites for hydroxylation is 1. The number of ketones is 1. The van der Waals surface area contributed by atoms with Crippen molar-refractivity contribution < 1.29 is 44.8 Å². The topological polar surface area (TPSA) is 106 Å². The van der Waals surface area contributed by atoms with Gasteiger partial charge in [-0.05, 0) is 76.9 Å². The van der Waals surface area contributed by atoms with Crippen molar-refractivity contribution in [3.8, 4) is 23.0 Å². The Kier molecular flexibility index (Phi) is 10.3. The molecule has 1 aliphatic heterocycles. The quantitative estimate of drug-likeness (QED) is 0.0919. The molecule has 60 heavy (non-hydrogen) atoms. The molecule has 4 heterocycles. The molecule has 1 saturated carbocycles. The molecule has 17 heteroatoms. The van der Waals surface area contributed by atoms with Gasteiger partial charge in [-0.3, -0.25) is 18.4 Å². The van der Waals surface area contributed by atoms with Gasteiger partial charge in [0, 0.05) is 85.6 Å². The lowest BCUT2D eigenvalue weighted by atomic mass is 9.86. The van der Waals surface area contributed by atoms with E-state index >= 15 is 8.78 Å². The molecule has 8 rings (SSSR count). The number of carbonyl (C=O) groups excluding carboxylic acids is 1. The van der Waals surface area contributed by atoms with Crippen molar-refractivity contribution in [3.63, 3.8) is 0 Å². The van der Waals surface area contributed by atoms with Gasteiger partial charge >= 0.3 is 6.18 Å². The fraction of sp³-hybridized carbons (Fsp3) is 0.419. The summed E-state index contributed by atoms with van der Waals surface area (Å²) in [7, 11) is 1.10. The lowest BCUT2D eigenvalue weighted by Crippen LogP contribution is -2.41. The summed E-state index contributed by atoms with van der Waals surface area (Å²) in [4.78, 5) is 21.1. The number of piperidine rings is 1. The van der Waals surface area contributed by atoms with Gasteiger partial charge in [-0.25, -0.2) is 13.8 Å². The number of halogens is 7. The Morgan fingerprint density at radius 1 is 1.05 bits per heavy atom. The van der Waals surface area contributed by atoms with Crippen LogP contribution in [0.25, 0.3) is 22.0 Å². The monoisotopic (exact) mass is 854 g/mol. The van der Waals surface area contributed by atoms with E-state index in [1.807, 2.05) is 7.05 Å². The van der Waals surface area contributed by atoms with E-state index < -0.39 is 92.3 Å². The van der Waals surface area contributed by atoms with Crippen LogP contribution in [0.15, 0.2) is 48.5 Å². The van der Waals surface area contributed by atoms with Crippen molar-refractivity contribution in [2.24, 2.45) is 13.0 Å². The number of pyridine rings is 1. The Morgan fingerprint density at radius 3 is 2.42 bits per heavy atom. The van der Waals surface area contributed by atoms with Gasteiger partial charge in [-0.2, -0.15) is 32.1 Å². The van der Waals surface area contributed by atoms with E-state index in [2.05, 4.69) is 32.8 Å². The van der Waals surface area contributed by atoms with Crippen molar-refractivity contribution in [3.05, 3.63) is 99.8 Å². The van der Waals surface area contributed by atoms with Crippen molar-refractivity contribution >= 4 is 32.1 Å². The predicted octanol–water partition coefficient (Wildman–Crippen LogP) is 6.98. The Hall–Kier alpha value is -5.05. The van der Waals surface area contributed by atoms with Crippen molar-refractivity contribution in [2.75, 3.05) is 26.4 Å². The van der Waals surface area contributed by atoms with Gasteiger partial charge in [0.2, 0.25) is 0 Å². The summed E-state index contributed by atoms with van der Waals surface area (Å²) >= 11 is 0. The minimum Gasteiger partial charge on any atom is -0.377 e. The molecule has 2 aromatic carbocycles. The predicted molar refractivity (Wildman–Crippen MR) is 212 cm³/mol. The first-order valence-corrected chi connectivity index (χ1v) is 21.6. The number of hydrogen-bond acceptors (Lipinski definition) is 7. The molecule has 9 nitrogen and oxygen atoms in total. The first-order valence-electron chi connectivity index (χ1n) is 19.3. The smallest absolute Gasteiger partial charge is 0.377 e. The summed E-state index contributed by atoms with van der Waals surface area (Å²) in [5, 5.41) is 20.1. The van der Waals surface area contributed by atoms with Gasteiger partial charge in [0.1, 0.15) is 35.2 Å². The summed E-state index contributed by atoms with van der Waals surface area (Å²) in [6.45, 7) is 0.276. The van der Waals surface area contributed by atoms with Gasteiger partial charge < -0.3 is 10.0 Å². The summed E-state index contributed by atoms with van der Waals surface area (Å²) in [6.07, 6.45) is -3.63. The van der Waals surface area contributed by atoms with E-state index in [0.717, 1.165) is 12.1 Å². The molecule has 2 fully saturated rings. The van der Waals surface area contributed by atoms with Crippen LogP contribution < -0.4 is 0 Å². The molecule has 5 aromatic rings. The molecule has 1 N–H and O–H groups in total. The zero-order valence-electron chi connectivity index (χ0n) is 32.9. The van der Waals surface area contributed by atoms with Crippen LogP contribution in [0.2, 0.25) is 0 Å². The largest absolute Gasteiger partial charge is 0.435 e. The number of aromatic nitrogens is 5. The third-order valence-electron chi connectivity index (χ3n) is 11.6. The summed E-state index contributed by atoms with van der Waals surface area (Å²) in [6, 6.07) is 11.5. The highest BCUT2D eigenvalue weighted by Crippen LogP contribution is 2.68. The maximum Gasteiger partial charge on any atom is 0.435 e. The number of carbonyl (C=O) groups is 1. The molecule has 0 spiro atoms. The Bertz CT molecular complexity index is 2700. The molecule has 3 aliphatic rings. The zero-order valence-corrected chi connectivity index (χ0v) is 33.7. The summed E-state index contributed by atoms with van der Waals surface area (Å²) in [5.74, 6) is 0.167. The maximum absolute atomic E-state index is 15.5. The van der Waals surface area contributed by atoms with Crippen LogP contribution in [0.5, 0.6) is 0 Å². The number of benzene rings is 2. The van der Waals surface area contributed by atoms with Crippen molar-refractivity contribution in [1.29, 1.82) is 0 Å². The molecule has 1 saturated heterocycles. The molecule has 0 amide bonds. The van der Waals surface area contributed by atoms with Crippen LogP contribution in [-0.4, -0.2) is 82.4 Å². The Balaban J connectivity index is 1.26. The summed E-state index contributed by atoms with van der Waals surface area (Å²) in [5.41, 5.74) is -1.66. The van der Waals surface area contributed by atoms with Crippen LogP contribution in [0.1, 0.15) is 77.1 Å². The third-order valence-corrected chi connectivity index (χ3v) is 12.5. The van der Waals surface area contributed by atoms with Gasteiger partial charge in [0.05, 0.1) is 22.7 Å². The van der Waals surface area contributed by atoms with Gasteiger partial charge in [0.15, 0.2) is 11.5 Å². The fourth-order valence-corrected chi connectivity index (χ4v) is 9.57. The van der Waals surface area contributed by atoms with E-state index in [0.29, 0.717) is 64.4 Å². The first kappa shape index (κ1) is 41.7. The van der Waals surface area contributed by atoms with Crippen molar-refractivity contribution in [1.82, 2.24) is 29.4 Å². The van der Waals surface area contributed by atoms with Crippen LogP contribution in [0.3, 0.4) is 0 Å². The summed E-state index contributed by atoms with van der Waals surface area (Å²) < 4.78 is 118. The molecule has 1 unspecified atom stereocenters. The van der Waals surface area contributed by atoms with Crippen LogP contribution in [0, 0.1) is 29.4 Å². The Labute approximate surface area is 341 Å². The molecule has 0 radical (unpaired) electrons. The normalized spacial score (nSPS) is 20.9. The number of aliphatic hydroxyl groups is 1. The fourth-order valence-electron chi connectivity index (χ4n) is 8.78. The van der Waals surface area contributed by atoms with E-state index in [4.69, 9.17) is 4.98 Å². The third kappa shape index (κ3) is 8.08. The molecular formula is C43H41F7N6O3S. The highest BCUT2D eigenvalue weighted by molar-refractivity contribution is 7.98. The minimum atomic E-state index is -5.04. The highest BCUT2D eigenvalue weighted by atomic mass is 32.2. The number of Topliss-reactive ketones (excluding diaryl/α,β-unsaturated/α-hetero) is 1. The average Bonchev–Trinajstić information content (AvgIpc) is 3.70.